The third-order valence-electron chi connectivity index (χ3n) is 3.49. The lowest BCUT2D eigenvalue weighted by atomic mass is 10.1. The van der Waals surface area contributed by atoms with Gasteiger partial charge in [0, 0.05) is 26.7 Å². The van der Waals surface area contributed by atoms with Gasteiger partial charge in [0.25, 0.3) is 0 Å². The Balaban J connectivity index is 2.35. The van der Waals surface area contributed by atoms with Crippen molar-refractivity contribution in [1.29, 1.82) is 0 Å². The fraction of sp³-hybridized carbons (Fsp3) is 0.500. The molecule has 1 atom stereocenters. The van der Waals surface area contributed by atoms with Crippen molar-refractivity contribution in [2.45, 2.75) is 12.5 Å². The number of rotatable bonds is 3. The third kappa shape index (κ3) is 2.87. The van der Waals surface area contributed by atoms with Gasteiger partial charge in [0.15, 0.2) is 0 Å². The molecule has 1 heterocycles. The molecule has 0 aliphatic carbocycles. The highest BCUT2D eigenvalue weighted by molar-refractivity contribution is 5.86. The largest absolute Gasteiger partial charge is 0.356 e. The van der Waals surface area contributed by atoms with E-state index >= 15 is 0 Å². The number of nitrogens with zero attached hydrogens (tertiary/aromatic N) is 2. The number of anilines is 1. The molecule has 104 valence electrons. The monoisotopic (exact) mass is 265 g/mol. The van der Waals surface area contributed by atoms with Crippen molar-refractivity contribution in [3.8, 4) is 0 Å². The Bertz CT molecular complexity index is 452. The van der Waals surface area contributed by atoms with E-state index in [4.69, 9.17) is 0 Å². The molecule has 0 saturated carbocycles. The van der Waals surface area contributed by atoms with E-state index in [0.29, 0.717) is 25.3 Å². The van der Waals surface area contributed by atoms with Crippen molar-refractivity contribution in [3.05, 3.63) is 30.1 Å². The molecule has 2 rings (SSSR count). The van der Waals surface area contributed by atoms with E-state index in [1.165, 1.54) is 6.07 Å². The fourth-order valence-electron chi connectivity index (χ4n) is 2.50. The molecule has 4 nitrogen and oxygen atoms in total. The van der Waals surface area contributed by atoms with Gasteiger partial charge in [0.2, 0.25) is 5.91 Å². The number of halogens is 1. The zero-order valence-corrected chi connectivity index (χ0v) is 11.4. The Labute approximate surface area is 113 Å². The van der Waals surface area contributed by atoms with Crippen LogP contribution in [0.3, 0.4) is 0 Å². The summed E-state index contributed by atoms with van der Waals surface area (Å²) in [5, 5.41) is 3.02. The van der Waals surface area contributed by atoms with Crippen LogP contribution in [-0.4, -0.2) is 50.6 Å². The number of likely N-dealkylation sites (N-methyl/N-ethyl adjacent to an activating group) is 2. The molecule has 1 amide bonds. The molecule has 0 spiro atoms. The predicted molar refractivity (Wildman–Crippen MR) is 73.7 cm³/mol. The van der Waals surface area contributed by atoms with E-state index in [2.05, 4.69) is 5.32 Å². The highest BCUT2D eigenvalue weighted by Crippen LogP contribution is 2.23. The number of nitrogens with one attached hydrogen (secondary N) is 1. The molecule has 0 aromatic heterocycles. The second-order valence-corrected chi connectivity index (χ2v) is 4.83. The van der Waals surface area contributed by atoms with Gasteiger partial charge in [-0.15, -0.1) is 0 Å². The average molecular weight is 265 g/mol. The quantitative estimate of drug-likeness (QED) is 0.888. The van der Waals surface area contributed by atoms with Crippen LogP contribution in [-0.2, 0) is 4.79 Å². The predicted octanol–water partition coefficient (Wildman–Crippen LogP) is 1.08. The molecule has 0 bridgehead atoms. The van der Waals surface area contributed by atoms with Gasteiger partial charge >= 0.3 is 0 Å². The molecule has 0 radical (unpaired) electrons. The lowest BCUT2D eigenvalue weighted by molar-refractivity contribution is -0.130. The number of benzene rings is 1. The summed E-state index contributed by atoms with van der Waals surface area (Å²) in [5.41, 5.74) is 0.506. The summed E-state index contributed by atoms with van der Waals surface area (Å²) < 4.78 is 14.0. The molecule has 1 aliphatic rings. The second kappa shape index (κ2) is 6.02. The van der Waals surface area contributed by atoms with Crippen molar-refractivity contribution in [2.24, 2.45) is 0 Å². The molecule has 1 aromatic rings. The van der Waals surface area contributed by atoms with Crippen LogP contribution in [0.1, 0.15) is 6.42 Å². The lowest BCUT2D eigenvalue weighted by Gasteiger charge is -2.31. The van der Waals surface area contributed by atoms with Crippen LogP contribution in [0.2, 0.25) is 0 Å². The molecule has 5 heteroatoms. The molecule has 1 aliphatic heterocycles. The van der Waals surface area contributed by atoms with Gasteiger partial charge < -0.3 is 15.1 Å². The van der Waals surface area contributed by atoms with E-state index < -0.39 is 0 Å². The van der Waals surface area contributed by atoms with Crippen LogP contribution < -0.4 is 10.2 Å². The third-order valence-corrected chi connectivity index (χ3v) is 3.49. The topological polar surface area (TPSA) is 35.6 Å². The van der Waals surface area contributed by atoms with E-state index in [1.807, 2.05) is 4.90 Å². The van der Waals surface area contributed by atoms with E-state index in [0.717, 1.165) is 6.42 Å². The van der Waals surface area contributed by atoms with Crippen LogP contribution in [0.15, 0.2) is 24.3 Å². The minimum atomic E-state index is -0.352. The molecule has 1 unspecified atom stereocenters. The average Bonchev–Trinajstić information content (AvgIpc) is 2.53. The SMILES string of the molecule is CNCC1C(=O)N(C)CCCN1c1ccccc1F. The van der Waals surface area contributed by atoms with Gasteiger partial charge in [-0.25, -0.2) is 4.39 Å². The standard InChI is InChI=1S/C14H20FN3O/c1-16-10-13-14(19)17(2)8-5-9-18(13)12-7-4-3-6-11(12)15/h3-4,6-7,13,16H,5,8-10H2,1-2H3. The molecular weight excluding hydrogens is 245 g/mol. The number of hydrogen-bond donors (Lipinski definition) is 1. The van der Waals surface area contributed by atoms with Crippen LogP contribution >= 0.6 is 0 Å². The van der Waals surface area contributed by atoms with Gasteiger partial charge in [0.05, 0.1) is 5.69 Å². The van der Waals surface area contributed by atoms with Crippen molar-refractivity contribution in [3.63, 3.8) is 0 Å². The Kier molecular flexibility index (Phi) is 4.37. The van der Waals surface area contributed by atoms with Gasteiger partial charge in [-0.05, 0) is 25.6 Å². The maximum absolute atomic E-state index is 14.0. The van der Waals surface area contributed by atoms with E-state index in [-0.39, 0.29) is 17.8 Å². The molecule has 1 saturated heterocycles. The first kappa shape index (κ1) is 13.8. The normalized spacial score (nSPS) is 20.6. The Hall–Kier alpha value is -1.62. The Morgan fingerprint density at radius 1 is 1.37 bits per heavy atom. The zero-order chi connectivity index (χ0) is 13.8. The van der Waals surface area contributed by atoms with Gasteiger partial charge in [-0.1, -0.05) is 12.1 Å². The van der Waals surface area contributed by atoms with Gasteiger partial charge in [-0.3, -0.25) is 4.79 Å². The summed E-state index contributed by atoms with van der Waals surface area (Å²) in [6.07, 6.45) is 0.844. The van der Waals surface area contributed by atoms with Crippen molar-refractivity contribution < 1.29 is 9.18 Å². The number of amides is 1. The smallest absolute Gasteiger partial charge is 0.246 e. The highest BCUT2D eigenvalue weighted by atomic mass is 19.1. The fourth-order valence-corrected chi connectivity index (χ4v) is 2.50. The molecule has 1 N–H and O–H groups in total. The van der Waals surface area contributed by atoms with Crippen molar-refractivity contribution in [1.82, 2.24) is 10.2 Å². The van der Waals surface area contributed by atoms with E-state index in [1.54, 1.807) is 37.2 Å². The molecule has 19 heavy (non-hydrogen) atoms. The minimum absolute atomic E-state index is 0.0371. The number of hydrogen-bond acceptors (Lipinski definition) is 3. The summed E-state index contributed by atoms with van der Waals surface area (Å²) in [5.74, 6) is -0.240. The van der Waals surface area contributed by atoms with Crippen molar-refractivity contribution in [2.75, 3.05) is 38.6 Å². The van der Waals surface area contributed by atoms with Crippen molar-refractivity contribution >= 4 is 11.6 Å². The van der Waals surface area contributed by atoms with Crippen LogP contribution in [0.4, 0.5) is 10.1 Å². The summed E-state index contributed by atoms with van der Waals surface area (Å²) in [7, 11) is 3.60. The molecular formula is C14H20FN3O. The first-order valence-corrected chi connectivity index (χ1v) is 6.56. The number of para-hydroxylation sites is 1. The maximum Gasteiger partial charge on any atom is 0.246 e. The second-order valence-electron chi connectivity index (χ2n) is 4.83. The van der Waals surface area contributed by atoms with Gasteiger partial charge in [0.1, 0.15) is 11.9 Å². The summed E-state index contributed by atoms with van der Waals surface area (Å²) >= 11 is 0. The molecule has 1 aromatic carbocycles. The first-order valence-electron chi connectivity index (χ1n) is 6.56. The van der Waals surface area contributed by atoms with Crippen LogP contribution in [0.25, 0.3) is 0 Å². The van der Waals surface area contributed by atoms with Crippen LogP contribution in [0, 0.1) is 5.82 Å². The van der Waals surface area contributed by atoms with Crippen LogP contribution in [0.5, 0.6) is 0 Å². The number of carbonyl (C=O) groups is 1. The number of carbonyl (C=O) groups excluding carboxylic acids is 1. The summed E-state index contributed by atoms with van der Waals surface area (Å²) in [6.45, 7) is 1.91. The highest BCUT2D eigenvalue weighted by Gasteiger charge is 2.31. The first-order chi connectivity index (χ1) is 9.15. The molecule has 1 fully saturated rings. The lowest BCUT2D eigenvalue weighted by Crippen LogP contribution is -2.50. The maximum atomic E-state index is 14.0. The Morgan fingerprint density at radius 3 is 2.79 bits per heavy atom. The summed E-state index contributed by atoms with van der Waals surface area (Å²) in [6, 6.07) is 6.28. The van der Waals surface area contributed by atoms with E-state index in [9.17, 15) is 9.18 Å². The summed E-state index contributed by atoms with van der Waals surface area (Å²) in [4.78, 5) is 15.9. The zero-order valence-electron chi connectivity index (χ0n) is 11.4. The minimum Gasteiger partial charge on any atom is -0.356 e. The Morgan fingerprint density at radius 2 is 2.11 bits per heavy atom. The van der Waals surface area contributed by atoms with Gasteiger partial charge in [-0.2, -0.15) is 0 Å².